The first-order chi connectivity index (χ1) is 17.7. The van der Waals surface area contributed by atoms with E-state index in [4.69, 9.17) is 9.47 Å². The SMILES string of the molecule is C=CCN(Cc1ccccc1)C(=O)C1N(CCCCCO)C(=O)[C@@H]2[C@H](C(=O)OCC)[C@@]3(C)OC12CC3C. The summed E-state index contributed by atoms with van der Waals surface area (Å²) < 4.78 is 12.2. The fraction of sp³-hybridized carbons (Fsp3) is 0.621. The highest BCUT2D eigenvalue weighted by Gasteiger charge is 2.80. The number of esters is 1. The molecular formula is C29H40N2O6. The van der Waals surface area contributed by atoms with Gasteiger partial charge in [0.25, 0.3) is 0 Å². The molecule has 37 heavy (non-hydrogen) atoms. The lowest BCUT2D eigenvalue weighted by molar-refractivity contribution is -0.162. The lowest BCUT2D eigenvalue weighted by Crippen LogP contribution is -2.56. The summed E-state index contributed by atoms with van der Waals surface area (Å²) in [6, 6.07) is 8.89. The number of benzene rings is 1. The van der Waals surface area contributed by atoms with E-state index in [2.05, 4.69) is 6.58 Å². The van der Waals surface area contributed by atoms with Gasteiger partial charge in [0.1, 0.15) is 17.6 Å². The number of likely N-dealkylation sites (tertiary alicyclic amines) is 1. The van der Waals surface area contributed by atoms with Crippen LogP contribution in [0.4, 0.5) is 0 Å². The Morgan fingerprint density at radius 2 is 2.00 bits per heavy atom. The first kappa shape index (κ1) is 27.3. The van der Waals surface area contributed by atoms with Crippen molar-refractivity contribution in [1.82, 2.24) is 9.80 Å². The van der Waals surface area contributed by atoms with E-state index in [9.17, 15) is 19.5 Å². The molecule has 1 aromatic carbocycles. The Labute approximate surface area is 219 Å². The van der Waals surface area contributed by atoms with Crippen LogP contribution in [-0.4, -0.2) is 76.2 Å². The van der Waals surface area contributed by atoms with Gasteiger partial charge in [-0.15, -0.1) is 6.58 Å². The molecule has 2 bridgehead atoms. The second kappa shape index (κ2) is 11.0. The Morgan fingerprint density at radius 1 is 1.27 bits per heavy atom. The first-order valence-electron chi connectivity index (χ1n) is 13.5. The van der Waals surface area contributed by atoms with E-state index in [1.165, 1.54) is 0 Å². The number of carbonyl (C=O) groups excluding carboxylic acids is 3. The van der Waals surface area contributed by atoms with Gasteiger partial charge in [-0.1, -0.05) is 43.3 Å². The highest BCUT2D eigenvalue weighted by atomic mass is 16.6. The van der Waals surface area contributed by atoms with Crippen molar-refractivity contribution >= 4 is 17.8 Å². The van der Waals surface area contributed by atoms with E-state index >= 15 is 0 Å². The second-order valence-electron chi connectivity index (χ2n) is 10.8. The van der Waals surface area contributed by atoms with Crippen LogP contribution in [0.5, 0.6) is 0 Å². The predicted molar refractivity (Wildman–Crippen MR) is 138 cm³/mol. The van der Waals surface area contributed by atoms with Crippen LogP contribution < -0.4 is 0 Å². The third kappa shape index (κ3) is 4.59. The van der Waals surface area contributed by atoms with Crippen molar-refractivity contribution < 1.29 is 29.0 Å². The van der Waals surface area contributed by atoms with E-state index in [1.54, 1.807) is 22.8 Å². The van der Waals surface area contributed by atoms with Crippen molar-refractivity contribution in [2.75, 3.05) is 26.3 Å². The van der Waals surface area contributed by atoms with Crippen molar-refractivity contribution in [3.05, 3.63) is 48.6 Å². The molecule has 0 radical (unpaired) electrons. The average Bonchev–Trinajstić information content (AvgIpc) is 3.38. The van der Waals surface area contributed by atoms with E-state index in [-0.39, 0.29) is 30.9 Å². The zero-order chi connectivity index (χ0) is 26.8. The van der Waals surface area contributed by atoms with Crippen molar-refractivity contribution in [2.45, 2.75) is 70.2 Å². The number of fused-ring (bicyclic) bond motifs is 1. The van der Waals surface area contributed by atoms with Crippen LogP contribution in [0.25, 0.3) is 0 Å². The molecule has 0 aromatic heterocycles. The van der Waals surface area contributed by atoms with Crippen LogP contribution in [-0.2, 0) is 30.4 Å². The summed E-state index contributed by atoms with van der Waals surface area (Å²) in [5.74, 6) is -2.39. The molecule has 4 rings (SSSR count). The minimum atomic E-state index is -1.09. The van der Waals surface area contributed by atoms with Gasteiger partial charge in [0.2, 0.25) is 11.8 Å². The molecule has 3 unspecified atom stereocenters. The van der Waals surface area contributed by atoms with Gasteiger partial charge >= 0.3 is 5.97 Å². The first-order valence-corrected chi connectivity index (χ1v) is 13.5. The van der Waals surface area contributed by atoms with Crippen LogP contribution in [0.2, 0.25) is 0 Å². The highest BCUT2D eigenvalue weighted by Crippen LogP contribution is 2.65. The van der Waals surface area contributed by atoms with Crippen LogP contribution in [0.3, 0.4) is 0 Å². The largest absolute Gasteiger partial charge is 0.466 e. The van der Waals surface area contributed by atoms with Gasteiger partial charge in [-0.25, -0.2) is 0 Å². The van der Waals surface area contributed by atoms with Crippen LogP contribution in [0, 0.1) is 17.8 Å². The summed E-state index contributed by atoms with van der Waals surface area (Å²) in [5, 5.41) is 9.22. The van der Waals surface area contributed by atoms with Gasteiger partial charge in [-0.3, -0.25) is 14.4 Å². The number of carbonyl (C=O) groups is 3. The minimum Gasteiger partial charge on any atom is -0.466 e. The molecule has 8 heteroatoms. The van der Waals surface area contributed by atoms with Gasteiger partial charge in [0.05, 0.1) is 18.1 Å². The van der Waals surface area contributed by atoms with E-state index < -0.39 is 35.0 Å². The number of ether oxygens (including phenoxy) is 2. The molecule has 0 saturated carbocycles. The van der Waals surface area contributed by atoms with Crippen LogP contribution >= 0.6 is 0 Å². The third-order valence-electron chi connectivity index (χ3n) is 8.52. The molecule has 3 saturated heterocycles. The lowest BCUT2D eigenvalue weighted by Gasteiger charge is -2.37. The lowest BCUT2D eigenvalue weighted by atomic mass is 9.62. The number of hydrogen-bond donors (Lipinski definition) is 1. The molecule has 1 spiro atoms. The number of hydrogen-bond acceptors (Lipinski definition) is 6. The number of nitrogens with zero attached hydrogens (tertiary/aromatic N) is 2. The number of rotatable bonds is 12. The van der Waals surface area contributed by atoms with E-state index in [1.807, 2.05) is 44.2 Å². The topological polar surface area (TPSA) is 96.4 Å². The van der Waals surface area contributed by atoms with E-state index in [0.29, 0.717) is 38.9 Å². The average molecular weight is 513 g/mol. The molecule has 1 N–H and O–H groups in total. The summed E-state index contributed by atoms with van der Waals surface area (Å²) >= 11 is 0. The zero-order valence-electron chi connectivity index (χ0n) is 22.2. The highest BCUT2D eigenvalue weighted by molar-refractivity contribution is 5.98. The van der Waals surface area contributed by atoms with E-state index in [0.717, 1.165) is 12.0 Å². The molecule has 3 aliphatic rings. The molecule has 202 valence electrons. The van der Waals surface area contributed by atoms with Gasteiger partial charge < -0.3 is 24.4 Å². The molecule has 3 fully saturated rings. The fourth-order valence-corrected chi connectivity index (χ4v) is 6.78. The number of aliphatic hydroxyl groups is 1. The Balaban J connectivity index is 1.74. The van der Waals surface area contributed by atoms with Crippen LogP contribution in [0.15, 0.2) is 43.0 Å². The van der Waals surface area contributed by atoms with Gasteiger partial charge in [0, 0.05) is 26.2 Å². The smallest absolute Gasteiger partial charge is 0.312 e. The Kier molecular flexibility index (Phi) is 8.09. The standard InChI is InChI=1S/C29H40N2O6/c1-5-15-30(19-21-13-9-7-10-14-21)26(34)24-29-18-20(3)28(4,37-29)23(27(35)36-6-2)22(29)25(33)31(24)16-11-8-12-17-32/h5,7,9-10,13-14,20,22-24,32H,1,6,8,11-12,15-19H2,2-4H3/t20?,22-,23+,24?,28-,29?/m0/s1. The van der Waals surface area contributed by atoms with Gasteiger partial charge in [-0.05, 0) is 51.0 Å². The number of aliphatic hydroxyl groups excluding tert-OH is 1. The maximum Gasteiger partial charge on any atom is 0.312 e. The quantitative estimate of drug-likeness (QED) is 0.263. The molecule has 3 heterocycles. The molecule has 0 aliphatic carbocycles. The Morgan fingerprint density at radius 3 is 2.65 bits per heavy atom. The number of amides is 2. The van der Waals surface area contributed by atoms with Crippen molar-refractivity contribution in [3.8, 4) is 0 Å². The summed E-state index contributed by atoms with van der Waals surface area (Å²) in [7, 11) is 0. The summed E-state index contributed by atoms with van der Waals surface area (Å²) in [6.45, 7) is 10.9. The fourth-order valence-electron chi connectivity index (χ4n) is 6.78. The van der Waals surface area contributed by atoms with Gasteiger partial charge in [-0.2, -0.15) is 0 Å². The maximum absolute atomic E-state index is 14.4. The van der Waals surface area contributed by atoms with Crippen molar-refractivity contribution in [2.24, 2.45) is 17.8 Å². The molecule has 6 atom stereocenters. The minimum absolute atomic E-state index is 0.0300. The number of unbranched alkanes of at least 4 members (excludes halogenated alkanes) is 2. The maximum atomic E-state index is 14.4. The predicted octanol–water partition coefficient (Wildman–Crippen LogP) is 2.94. The zero-order valence-corrected chi connectivity index (χ0v) is 22.2. The molecule has 2 amide bonds. The Bertz CT molecular complexity index is 1010. The van der Waals surface area contributed by atoms with Gasteiger partial charge in [0.15, 0.2) is 0 Å². The molecule has 1 aromatic rings. The normalized spacial score (nSPS) is 31.9. The van der Waals surface area contributed by atoms with Crippen molar-refractivity contribution in [3.63, 3.8) is 0 Å². The van der Waals surface area contributed by atoms with Crippen molar-refractivity contribution in [1.29, 1.82) is 0 Å². The summed E-state index contributed by atoms with van der Waals surface area (Å²) in [5.41, 5.74) is -0.990. The molecule has 3 aliphatic heterocycles. The molecule has 8 nitrogen and oxygen atoms in total. The van der Waals surface area contributed by atoms with Crippen LogP contribution in [0.1, 0.15) is 52.0 Å². The summed E-state index contributed by atoms with van der Waals surface area (Å²) in [4.78, 5) is 45.0. The summed E-state index contributed by atoms with van der Waals surface area (Å²) in [6.07, 6.45) is 4.22. The molecular weight excluding hydrogens is 472 g/mol. The monoisotopic (exact) mass is 512 g/mol. The second-order valence-corrected chi connectivity index (χ2v) is 10.8. The Hall–Kier alpha value is -2.71. The third-order valence-corrected chi connectivity index (χ3v) is 8.52.